The van der Waals surface area contributed by atoms with E-state index in [2.05, 4.69) is 4.98 Å². The van der Waals surface area contributed by atoms with Crippen molar-refractivity contribution in [2.75, 3.05) is 0 Å². The molecule has 2 aromatic rings. The maximum Gasteiger partial charge on any atom is 0.212 e. The summed E-state index contributed by atoms with van der Waals surface area (Å²) in [6, 6.07) is 7.76. The average Bonchev–Trinajstić information content (AvgIpc) is 2.95. The fourth-order valence-electron chi connectivity index (χ4n) is 1.69. The topological polar surface area (TPSA) is 52.0 Å². The van der Waals surface area contributed by atoms with Gasteiger partial charge in [0.15, 0.2) is 5.58 Å². The third kappa shape index (κ3) is 1.21. The van der Waals surface area contributed by atoms with Gasteiger partial charge in [-0.2, -0.15) is 0 Å². The Bertz CT molecular complexity index is 426. The molecule has 1 aliphatic carbocycles. The van der Waals surface area contributed by atoms with E-state index in [1.54, 1.807) is 0 Å². The highest BCUT2D eigenvalue weighted by molar-refractivity contribution is 5.72. The van der Waals surface area contributed by atoms with Crippen LogP contribution in [0.3, 0.4) is 0 Å². The third-order valence-corrected chi connectivity index (χ3v) is 2.73. The highest BCUT2D eigenvalue weighted by Crippen LogP contribution is 2.39. The van der Waals surface area contributed by atoms with E-state index in [0.717, 1.165) is 11.1 Å². The van der Waals surface area contributed by atoms with E-state index in [4.69, 9.17) is 10.2 Å². The van der Waals surface area contributed by atoms with E-state index in [0.29, 0.717) is 11.8 Å². The quantitative estimate of drug-likeness (QED) is 0.786. The van der Waals surface area contributed by atoms with Gasteiger partial charge in [-0.1, -0.05) is 12.1 Å². The Morgan fingerprint density at radius 1 is 1.36 bits per heavy atom. The highest BCUT2D eigenvalue weighted by Gasteiger charge is 2.32. The van der Waals surface area contributed by atoms with Crippen LogP contribution in [0.1, 0.15) is 24.8 Å². The van der Waals surface area contributed by atoms with Crippen molar-refractivity contribution in [1.82, 2.24) is 4.98 Å². The number of aromatic nitrogens is 1. The first-order chi connectivity index (χ1) is 6.84. The van der Waals surface area contributed by atoms with Crippen molar-refractivity contribution in [2.24, 2.45) is 11.7 Å². The standard InChI is InChI=1S/C11H12N2O/c12-10(7-5-6-7)11-13-8-3-1-2-4-9(8)14-11/h1-4,7,10H,5-6,12H2. The average molecular weight is 188 g/mol. The van der Waals surface area contributed by atoms with E-state index in [1.165, 1.54) is 12.8 Å². The number of benzene rings is 1. The van der Waals surface area contributed by atoms with Crippen LogP contribution in [0.4, 0.5) is 0 Å². The molecule has 1 aromatic carbocycles. The minimum Gasteiger partial charge on any atom is -0.439 e. The molecule has 3 nitrogen and oxygen atoms in total. The molecule has 14 heavy (non-hydrogen) atoms. The summed E-state index contributed by atoms with van der Waals surface area (Å²) in [6.07, 6.45) is 2.42. The van der Waals surface area contributed by atoms with Crippen molar-refractivity contribution in [1.29, 1.82) is 0 Å². The molecule has 1 saturated carbocycles. The molecule has 3 rings (SSSR count). The first-order valence-electron chi connectivity index (χ1n) is 4.95. The summed E-state index contributed by atoms with van der Waals surface area (Å²) in [5.74, 6) is 1.27. The monoisotopic (exact) mass is 188 g/mol. The number of nitrogens with zero attached hydrogens (tertiary/aromatic N) is 1. The fraction of sp³-hybridized carbons (Fsp3) is 0.364. The molecule has 1 fully saturated rings. The number of rotatable bonds is 2. The smallest absolute Gasteiger partial charge is 0.212 e. The van der Waals surface area contributed by atoms with Crippen LogP contribution in [0.25, 0.3) is 11.1 Å². The van der Waals surface area contributed by atoms with Gasteiger partial charge in [-0.05, 0) is 30.9 Å². The zero-order chi connectivity index (χ0) is 9.54. The molecule has 0 bridgehead atoms. The fourth-order valence-corrected chi connectivity index (χ4v) is 1.69. The molecule has 3 heteroatoms. The second-order valence-electron chi connectivity index (χ2n) is 3.88. The summed E-state index contributed by atoms with van der Waals surface area (Å²) >= 11 is 0. The number of hydrogen-bond acceptors (Lipinski definition) is 3. The Morgan fingerprint density at radius 2 is 2.14 bits per heavy atom. The van der Waals surface area contributed by atoms with Gasteiger partial charge >= 0.3 is 0 Å². The lowest BCUT2D eigenvalue weighted by Crippen LogP contribution is -2.12. The molecule has 0 radical (unpaired) electrons. The van der Waals surface area contributed by atoms with Crippen molar-refractivity contribution in [3.63, 3.8) is 0 Å². The second kappa shape index (κ2) is 2.82. The molecule has 1 unspecified atom stereocenters. The van der Waals surface area contributed by atoms with Crippen LogP contribution in [0, 0.1) is 5.92 Å². The number of nitrogens with two attached hydrogens (primary N) is 1. The Balaban J connectivity index is 2.04. The maximum absolute atomic E-state index is 6.01. The SMILES string of the molecule is NC(c1nc2ccccc2o1)C1CC1. The maximum atomic E-state index is 6.01. The van der Waals surface area contributed by atoms with Gasteiger partial charge < -0.3 is 10.2 Å². The molecular formula is C11H12N2O. The van der Waals surface area contributed by atoms with Crippen molar-refractivity contribution < 1.29 is 4.42 Å². The van der Waals surface area contributed by atoms with E-state index >= 15 is 0 Å². The van der Waals surface area contributed by atoms with Gasteiger partial charge in [-0.3, -0.25) is 0 Å². The predicted octanol–water partition coefficient (Wildman–Crippen LogP) is 2.24. The first kappa shape index (κ1) is 8.00. The van der Waals surface area contributed by atoms with Gasteiger partial charge in [0.25, 0.3) is 0 Å². The normalized spacial score (nSPS) is 18.6. The van der Waals surface area contributed by atoms with E-state index in [1.807, 2.05) is 24.3 Å². The second-order valence-corrected chi connectivity index (χ2v) is 3.88. The lowest BCUT2D eigenvalue weighted by atomic mass is 10.2. The summed E-state index contributed by atoms with van der Waals surface area (Å²) in [6.45, 7) is 0. The minimum atomic E-state index is -0.0117. The van der Waals surface area contributed by atoms with E-state index < -0.39 is 0 Å². The number of fused-ring (bicyclic) bond motifs is 1. The Hall–Kier alpha value is -1.35. The van der Waals surface area contributed by atoms with Crippen molar-refractivity contribution in [3.05, 3.63) is 30.2 Å². The van der Waals surface area contributed by atoms with Gasteiger partial charge in [0.2, 0.25) is 5.89 Å². The molecule has 0 aliphatic heterocycles. The molecule has 2 N–H and O–H groups in total. The van der Waals surface area contributed by atoms with Crippen LogP contribution >= 0.6 is 0 Å². The van der Waals surface area contributed by atoms with Gasteiger partial charge in [0.05, 0.1) is 6.04 Å². The van der Waals surface area contributed by atoms with Crippen molar-refractivity contribution in [2.45, 2.75) is 18.9 Å². The van der Waals surface area contributed by atoms with Crippen LogP contribution < -0.4 is 5.73 Å². The molecule has 1 heterocycles. The number of para-hydroxylation sites is 2. The highest BCUT2D eigenvalue weighted by atomic mass is 16.3. The van der Waals surface area contributed by atoms with E-state index in [-0.39, 0.29) is 6.04 Å². The lowest BCUT2D eigenvalue weighted by Gasteiger charge is -2.02. The van der Waals surface area contributed by atoms with Crippen molar-refractivity contribution >= 4 is 11.1 Å². The molecule has 1 atom stereocenters. The molecular weight excluding hydrogens is 176 g/mol. The summed E-state index contributed by atoms with van der Waals surface area (Å²) in [5.41, 5.74) is 7.74. The number of oxazole rings is 1. The Kier molecular flexibility index (Phi) is 1.61. The predicted molar refractivity (Wildman–Crippen MR) is 53.7 cm³/mol. The molecule has 0 spiro atoms. The van der Waals surface area contributed by atoms with Gasteiger partial charge in [-0.15, -0.1) is 0 Å². The molecule has 1 aromatic heterocycles. The Labute approximate surface area is 81.9 Å². The largest absolute Gasteiger partial charge is 0.439 e. The van der Waals surface area contributed by atoms with E-state index in [9.17, 15) is 0 Å². The van der Waals surface area contributed by atoms with Crippen molar-refractivity contribution in [3.8, 4) is 0 Å². The summed E-state index contributed by atoms with van der Waals surface area (Å²) < 4.78 is 5.60. The van der Waals surface area contributed by atoms with Gasteiger partial charge in [-0.25, -0.2) is 4.98 Å². The first-order valence-corrected chi connectivity index (χ1v) is 4.95. The number of hydrogen-bond donors (Lipinski definition) is 1. The van der Waals surface area contributed by atoms with Crippen LogP contribution in [-0.4, -0.2) is 4.98 Å². The summed E-state index contributed by atoms with van der Waals surface area (Å²) in [4.78, 5) is 4.38. The van der Waals surface area contributed by atoms with Crippen LogP contribution in [0.2, 0.25) is 0 Å². The van der Waals surface area contributed by atoms with Gasteiger partial charge in [0, 0.05) is 0 Å². The Morgan fingerprint density at radius 3 is 2.86 bits per heavy atom. The molecule has 72 valence electrons. The minimum absolute atomic E-state index is 0.0117. The molecule has 0 amide bonds. The van der Waals surface area contributed by atoms with Gasteiger partial charge in [0.1, 0.15) is 5.52 Å². The van der Waals surface area contributed by atoms with Crippen LogP contribution in [0.5, 0.6) is 0 Å². The zero-order valence-electron chi connectivity index (χ0n) is 7.81. The van der Waals surface area contributed by atoms with Crippen LogP contribution in [0.15, 0.2) is 28.7 Å². The van der Waals surface area contributed by atoms with Crippen LogP contribution in [-0.2, 0) is 0 Å². The molecule has 0 saturated heterocycles. The summed E-state index contributed by atoms with van der Waals surface area (Å²) in [5, 5.41) is 0. The lowest BCUT2D eigenvalue weighted by molar-refractivity contribution is 0.448. The zero-order valence-corrected chi connectivity index (χ0v) is 7.81. The molecule has 1 aliphatic rings. The summed E-state index contributed by atoms with van der Waals surface area (Å²) in [7, 11) is 0. The third-order valence-electron chi connectivity index (χ3n) is 2.73.